The molecule has 1 amide bonds. The summed E-state index contributed by atoms with van der Waals surface area (Å²) in [5.74, 6) is -0.0335. The van der Waals surface area contributed by atoms with Gasteiger partial charge in [0, 0.05) is 0 Å². The van der Waals surface area contributed by atoms with Crippen molar-refractivity contribution < 1.29 is 4.79 Å². The molecule has 0 aliphatic rings. The normalized spacial score (nSPS) is 14.3. The number of hydrogen-bond donors (Lipinski definition) is 2. The maximum absolute atomic E-state index is 11.6. The van der Waals surface area contributed by atoms with E-state index in [-0.39, 0.29) is 11.8 Å². The Labute approximate surface area is 89.1 Å². The maximum Gasteiger partial charge on any atom is 0.241 e. The molecule has 5 heteroatoms. The summed E-state index contributed by atoms with van der Waals surface area (Å²) in [5, 5.41) is 2.67. The van der Waals surface area contributed by atoms with Gasteiger partial charge in [0.15, 0.2) is 0 Å². The number of rotatable bonds is 4. The Balaban J connectivity index is 2.56. The lowest BCUT2D eigenvalue weighted by Crippen LogP contribution is -2.40. The highest BCUT2D eigenvalue weighted by atomic mass is 16.2. The number of nitrogens with two attached hydrogens (primary N) is 1. The average molecular weight is 208 g/mol. The highest BCUT2D eigenvalue weighted by Crippen LogP contribution is 2.08. The minimum absolute atomic E-state index is 0.162. The Kier molecular flexibility index (Phi) is 4.17. The Hall–Kier alpha value is -1.49. The first-order valence-electron chi connectivity index (χ1n) is 4.96. The van der Waals surface area contributed by atoms with Gasteiger partial charge in [-0.15, -0.1) is 0 Å². The third-order valence-electron chi connectivity index (χ3n) is 2.39. The van der Waals surface area contributed by atoms with Gasteiger partial charge in [0.05, 0.1) is 24.1 Å². The molecular weight excluding hydrogens is 192 g/mol. The van der Waals surface area contributed by atoms with Gasteiger partial charge in [-0.1, -0.05) is 20.3 Å². The molecule has 0 radical (unpaired) electrons. The standard InChI is InChI=1S/C10H16N4O/c1-3-7(2)9(11)10(15)14-8-4-12-6-13-5-8/h4-7,9H,3,11H2,1-2H3,(H,14,15)/t7?,9-/m0/s1. The van der Waals surface area contributed by atoms with E-state index in [2.05, 4.69) is 15.3 Å². The molecule has 0 saturated heterocycles. The number of aromatic nitrogens is 2. The summed E-state index contributed by atoms with van der Waals surface area (Å²) < 4.78 is 0. The molecule has 0 fully saturated rings. The maximum atomic E-state index is 11.6. The largest absolute Gasteiger partial charge is 0.322 e. The van der Waals surface area contributed by atoms with E-state index in [1.807, 2.05) is 13.8 Å². The summed E-state index contributed by atoms with van der Waals surface area (Å²) in [4.78, 5) is 19.2. The van der Waals surface area contributed by atoms with Crippen molar-refractivity contribution >= 4 is 11.6 Å². The minimum atomic E-state index is -0.491. The van der Waals surface area contributed by atoms with E-state index in [1.54, 1.807) is 0 Å². The number of hydrogen-bond acceptors (Lipinski definition) is 4. The highest BCUT2D eigenvalue weighted by molar-refractivity contribution is 5.94. The predicted octanol–water partition coefficient (Wildman–Crippen LogP) is 0.788. The fraction of sp³-hybridized carbons (Fsp3) is 0.500. The lowest BCUT2D eigenvalue weighted by Gasteiger charge is -2.17. The molecular formula is C10H16N4O. The topological polar surface area (TPSA) is 80.9 Å². The van der Waals surface area contributed by atoms with Gasteiger partial charge >= 0.3 is 0 Å². The molecule has 15 heavy (non-hydrogen) atoms. The van der Waals surface area contributed by atoms with Crippen LogP contribution in [-0.2, 0) is 4.79 Å². The second-order valence-corrected chi connectivity index (χ2v) is 3.53. The van der Waals surface area contributed by atoms with Crippen LogP contribution in [0.1, 0.15) is 20.3 Å². The van der Waals surface area contributed by atoms with E-state index in [0.717, 1.165) is 6.42 Å². The molecule has 0 saturated carbocycles. The summed E-state index contributed by atoms with van der Waals surface area (Å²) >= 11 is 0. The van der Waals surface area contributed by atoms with Crippen molar-refractivity contribution in [2.24, 2.45) is 11.7 Å². The first-order valence-corrected chi connectivity index (χ1v) is 4.96. The zero-order valence-corrected chi connectivity index (χ0v) is 8.97. The second-order valence-electron chi connectivity index (χ2n) is 3.53. The SMILES string of the molecule is CCC(C)[C@H](N)C(=O)Nc1cncnc1. The molecule has 1 rings (SSSR count). The molecule has 0 aliphatic carbocycles. The van der Waals surface area contributed by atoms with Crippen LogP contribution in [0.5, 0.6) is 0 Å². The molecule has 1 aromatic rings. The lowest BCUT2D eigenvalue weighted by atomic mass is 9.99. The number of nitrogens with zero attached hydrogens (tertiary/aromatic N) is 2. The summed E-state index contributed by atoms with van der Waals surface area (Å²) in [5.41, 5.74) is 6.34. The molecule has 0 aromatic carbocycles. The smallest absolute Gasteiger partial charge is 0.241 e. The first-order chi connectivity index (χ1) is 7.15. The number of nitrogens with one attached hydrogen (secondary N) is 1. The van der Waals surface area contributed by atoms with Crippen LogP contribution >= 0.6 is 0 Å². The van der Waals surface area contributed by atoms with Gasteiger partial charge in [0.2, 0.25) is 5.91 Å². The molecule has 1 aromatic heterocycles. The molecule has 0 aliphatic heterocycles. The second kappa shape index (κ2) is 5.41. The van der Waals surface area contributed by atoms with Crippen molar-refractivity contribution in [3.63, 3.8) is 0 Å². The fourth-order valence-electron chi connectivity index (χ4n) is 1.10. The van der Waals surface area contributed by atoms with Crippen LogP contribution in [0, 0.1) is 5.92 Å². The van der Waals surface area contributed by atoms with Gasteiger partial charge in [-0.3, -0.25) is 4.79 Å². The Bertz CT molecular complexity index is 314. The summed E-state index contributed by atoms with van der Waals surface area (Å²) in [6.07, 6.45) is 5.35. The molecule has 1 heterocycles. The van der Waals surface area contributed by atoms with Crippen LogP contribution in [0.15, 0.2) is 18.7 Å². The van der Waals surface area contributed by atoms with E-state index < -0.39 is 6.04 Å². The van der Waals surface area contributed by atoms with Crippen molar-refractivity contribution in [1.82, 2.24) is 9.97 Å². The number of carbonyl (C=O) groups excluding carboxylic acids is 1. The zero-order valence-electron chi connectivity index (χ0n) is 8.97. The van der Waals surface area contributed by atoms with Crippen molar-refractivity contribution in [1.29, 1.82) is 0 Å². The third-order valence-corrected chi connectivity index (χ3v) is 2.39. The van der Waals surface area contributed by atoms with Crippen LogP contribution < -0.4 is 11.1 Å². The Morgan fingerprint density at radius 3 is 2.67 bits per heavy atom. The van der Waals surface area contributed by atoms with Crippen LogP contribution in [0.2, 0.25) is 0 Å². The molecule has 5 nitrogen and oxygen atoms in total. The summed E-state index contributed by atoms with van der Waals surface area (Å²) in [6, 6.07) is -0.491. The number of carbonyl (C=O) groups is 1. The fourth-order valence-corrected chi connectivity index (χ4v) is 1.10. The minimum Gasteiger partial charge on any atom is -0.322 e. The van der Waals surface area contributed by atoms with Gasteiger partial charge in [0.1, 0.15) is 6.33 Å². The molecule has 0 spiro atoms. The van der Waals surface area contributed by atoms with Gasteiger partial charge in [-0.05, 0) is 5.92 Å². The van der Waals surface area contributed by atoms with Crippen molar-refractivity contribution in [3.05, 3.63) is 18.7 Å². The van der Waals surface area contributed by atoms with Gasteiger partial charge in [0.25, 0.3) is 0 Å². The zero-order chi connectivity index (χ0) is 11.3. The van der Waals surface area contributed by atoms with Crippen molar-refractivity contribution in [2.45, 2.75) is 26.3 Å². The Morgan fingerprint density at radius 2 is 2.13 bits per heavy atom. The van der Waals surface area contributed by atoms with Crippen molar-refractivity contribution in [3.8, 4) is 0 Å². The first kappa shape index (κ1) is 11.6. The highest BCUT2D eigenvalue weighted by Gasteiger charge is 2.19. The van der Waals surface area contributed by atoms with E-state index in [4.69, 9.17) is 5.73 Å². The summed E-state index contributed by atoms with van der Waals surface area (Å²) in [7, 11) is 0. The van der Waals surface area contributed by atoms with Crippen LogP contribution in [0.3, 0.4) is 0 Å². The Morgan fingerprint density at radius 1 is 1.53 bits per heavy atom. The molecule has 2 atom stereocenters. The van der Waals surface area contributed by atoms with Gasteiger partial charge < -0.3 is 11.1 Å². The number of amides is 1. The molecule has 1 unspecified atom stereocenters. The van der Waals surface area contributed by atoms with E-state index in [0.29, 0.717) is 5.69 Å². The molecule has 82 valence electrons. The third kappa shape index (κ3) is 3.28. The van der Waals surface area contributed by atoms with Crippen LogP contribution in [-0.4, -0.2) is 21.9 Å². The molecule has 3 N–H and O–H groups in total. The van der Waals surface area contributed by atoms with Crippen LogP contribution in [0.4, 0.5) is 5.69 Å². The van der Waals surface area contributed by atoms with E-state index in [1.165, 1.54) is 18.7 Å². The molecule has 0 bridgehead atoms. The van der Waals surface area contributed by atoms with Crippen LogP contribution in [0.25, 0.3) is 0 Å². The van der Waals surface area contributed by atoms with Gasteiger partial charge in [-0.2, -0.15) is 0 Å². The monoisotopic (exact) mass is 208 g/mol. The summed E-state index contributed by atoms with van der Waals surface area (Å²) in [6.45, 7) is 3.95. The van der Waals surface area contributed by atoms with Crippen molar-refractivity contribution in [2.75, 3.05) is 5.32 Å². The lowest BCUT2D eigenvalue weighted by molar-refractivity contribution is -0.118. The van der Waals surface area contributed by atoms with E-state index in [9.17, 15) is 4.79 Å². The van der Waals surface area contributed by atoms with E-state index >= 15 is 0 Å². The van der Waals surface area contributed by atoms with Gasteiger partial charge in [-0.25, -0.2) is 9.97 Å². The predicted molar refractivity (Wildman–Crippen MR) is 58.1 cm³/mol. The quantitative estimate of drug-likeness (QED) is 0.766. The average Bonchev–Trinajstić information content (AvgIpc) is 2.28. The number of anilines is 1.